The van der Waals surface area contributed by atoms with Gasteiger partial charge in [-0.1, -0.05) is 47.5 Å². The molecule has 3 rings (SSSR count). The van der Waals surface area contributed by atoms with Gasteiger partial charge in [0.05, 0.1) is 0 Å². The Hall–Kier alpha value is -2.33. The number of aryl methyl sites for hydroxylation is 1. The zero-order valence-electron chi connectivity index (χ0n) is 12.8. The van der Waals surface area contributed by atoms with E-state index in [0.29, 0.717) is 23.7 Å². The van der Waals surface area contributed by atoms with Crippen LogP contribution in [0.3, 0.4) is 0 Å². The van der Waals surface area contributed by atoms with Gasteiger partial charge in [-0.3, -0.25) is 9.59 Å². The maximum atomic E-state index is 12.8. The van der Waals surface area contributed by atoms with Crippen molar-refractivity contribution in [1.29, 1.82) is 0 Å². The molecule has 5 heteroatoms. The van der Waals surface area contributed by atoms with Crippen LogP contribution in [0.2, 0.25) is 5.02 Å². The summed E-state index contributed by atoms with van der Waals surface area (Å²) in [5.41, 5.74) is 2.41. The minimum atomic E-state index is -0.615. The van der Waals surface area contributed by atoms with Crippen LogP contribution in [-0.2, 0) is 4.79 Å². The molecule has 2 aromatic carbocycles. The molecule has 23 heavy (non-hydrogen) atoms. The van der Waals surface area contributed by atoms with Crippen molar-refractivity contribution < 1.29 is 9.59 Å². The highest BCUT2D eigenvalue weighted by Gasteiger charge is 2.34. The summed E-state index contributed by atoms with van der Waals surface area (Å²) in [5.74, 6) is -0.344. The van der Waals surface area contributed by atoms with Crippen molar-refractivity contribution in [2.45, 2.75) is 13.0 Å². The molecule has 4 nitrogen and oxygen atoms in total. The van der Waals surface area contributed by atoms with Crippen LogP contribution in [-0.4, -0.2) is 29.8 Å². The van der Waals surface area contributed by atoms with Crippen LogP contribution >= 0.6 is 11.6 Å². The van der Waals surface area contributed by atoms with Crippen LogP contribution in [0, 0.1) is 6.92 Å². The standard InChI is InChI=1S/C18H17ClN2O2/c1-12-5-7-13(8-6-12)16-17(22)20-9-10-21(16)18(23)14-3-2-4-15(19)11-14/h2-8,11,16H,9-10H2,1H3,(H,20,22). The summed E-state index contributed by atoms with van der Waals surface area (Å²) in [6.07, 6.45) is 0. The van der Waals surface area contributed by atoms with E-state index in [0.717, 1.165) is 11.1 Å². The van der Waals surface area contributed by atoms with E-state index in [2.05, 4.69) is 5.32 Å². The largest absolute Gasteiger partial charge is 0.352 e. The maximum Gasteiger partial charge on any atom is 0.254 e. The summed E-state index contributed by atoms with van der Waals surface area (Å²) in [4.78, 5) is 26.8. The Morgan fingerprint density at radius 1 is 1.22 bits per heavy atom. The number of rotatable bonds is 2. The van der Waals surface area contributed by atoms with Gasteiger partial charge in [0.15, 0.2) is 0 Å². The number of piperazine rings is 1. The molecule has 0 saturated carbocycles. The number of nitrogens with zero attached hydrogens (tertiary/aromatic N) is 1. The highest BCUT2D eigenvalue weighted by atomic mass is 35.5. The van der Waals surface area contributed by atoms with E-state index < -0.39 is 6.04 Å². The molecular formula is C18H17ClN2O2. The zero-order valence-corrected chi connectivity index (χ0v) is 13.5. The molecule has 1 aliphatic heterocycles. The van der Waals surface area contributed by atoms with Gasteiger partial charge in [0, 0.05) is 23.7 Å². The lowest BCUT2D eigenvalue weighted by Gasteiger charge is -2.35. The highest BCUT2D eigenvalue weighted by Crippen LogP contribution is 2.26. The third-order valence-electron chi connectivity index (χ3n) is 3.94. The summed E-state index contributed by atoms with van der Waals surface area (Å²) < 4.78 is 0. The molecule has 2 amide bonds. The van der Waals surface area contributed by atoms with Gasteiger partial charge >= 0.3 is 0 Å². The molecule has 0 bridgehead atoms. The summed E-state index contributed by atoms with van der Waals surface area (Å²) >= 11 is 5.98. The Labute approximate surface area is 140 Å². The van der Waals surface area contributed by atoms with Crippen molar-refractivity contribution in [2.75, 3.05) is 13.1 Å². The summed E-state index contributed by atoms with van der Waals surface area (Å²) in [6.45, 7) is 2.91. The molecule has 1 atom stereocenters. The minimum absolute atomic E-state index is 0.157. The monoisotopic (exact) mass is 328 g/mol. The normalized spacial score (nSPS) is 17.7. The predicted molar refractivity (Wildman–Crippen MR) is 89.4 cm³/mol. The Morgan fingerprint density at radius 3 is 2.65 bits per heavy atom. The first-order valence-electron chi connectivity index (χ1n) is 7.47. The van der Waals surface area contributed by atoms with Crippen LogP contribution < -0.4 is 5.32 Å². The van der Waals surface area contributed by atoms with Gasteiger partial charge in [0.2, 0.25) is 5.91 Å². The van der Waals surface area contributed by atoms with E-state index in [-0.39, 0.29) is 11.8 Å². The van der Waals surface area contributed by atoms with Gasteiger partial charge in [0.1, 0.15) is 6.04 Å². The van der Waals surface area contributed by atoms with Gasteiger partial charge in [0.25, 0.3) is 5.91 Å². The lowest BCUT2D eigenvalue weighted by atomic mass is 10.00. The third-order valence-corrected chi connectivity index (χ3v) is 4.17. The van der Waals surface area contributed by atoms with Crippen LogP contribution in [0.25, 0.3) is 0 Å². The molecule has 1 heterocycles. The van der Waals surface area contributed by atoms with Crippen LogP contribution in [0.1, 0.15) is 27.5 Å². The van der Waals surface area contributed by atoms with Crippen LogP contribution in [0.5, 0.6) is 0 Å². The van der Waals surface area contributed by atoms with E-state index in [1.54, 1.807) is 29.2 Å². The minimum Gasteiger partial charge on any atom is -0.352 e. The number of nitrogens with one attached hydrogen (secondary N) is 1. The van der Waals surface area contributed by atoms with Gasteiger partial charge in [-0.15, -0.1) is 0 Å². The SMILES string of the molecule is Cc1ccc(C2C(=O)NCCN2C(=O)c2cccc(Cl)c2)cc1. The number of benzene rings is 2. The van der Waals surface area contributed by atoms with Crippen molar-refractivity contribution in [3.05, 3.63) is 70.2 Å². The Morgan fingerprint density at radius 2 is 1.96 bits per heavy atom. The molecule has 0 aliphatic carbocycles. The highest BCUT2D eigenvalue weighted by molar-refractivity contribution is 6.31. The summed E-state index contributed by atoms with van der Waals surface area (Å²) in [6, 6.07) is 13.9. The second-order valence-corrected chi connectivity index (χ2v) is 6.05. The first-order chi connectivity index (χ1) is 11.1. The van der Waals surface area contributed by atoms with Gasteiger partial charge in [-0.2, -0.15) is 0 Å². The molecule has 1 saturated heterocycles. The Kier molecular flexibility index (Phi) is 4.35. The van der Waals surface area contributed by atoms with Gasteiger partial charge < -0.3 is 10.2 Å². The fourth-order valence-electron chi connectivity index (χ4n) is 2.75. The topological polar surface area (TPSA) is 49.4 Å². The number of amides is 2. The predicted octanol–water partition coefficient (Wildman–Crippen LogP) is 2.96. The molecule has 1 aliphatic rings. The number of carbonyl (C=O) groups is 2. The van der Waals surface area contributed by atoms with Gasteiger partial charge in [-0.05, 0) is 30.7 Å². The van der Waals surface area contributed by atoms with Crippen LogP contribution in [0.15, 0.2) is 48.5 Å². The van der Waals surface area contributed by atoms with E-state index in [4.69, 9.17) is 11.6 Å². The fraction of sp³-hybridized carbons (Fsp3) is 0.222. The van der Waals surface area contributed by atoms with Crippen molar-refractivity contribution in [3.8, 4) is 0 Å². The molecule has 0 aromatic heterocycles. The fourth-order valence-corrected chi connectivity index (χ4v) is 2.94. The smallest absolute Gasteiger partial charge is 0.254 e. The molecule has 0 spiro atoms. The van der Waals surface area contributed by atoms with Crippen molar-refractivity contribution in [1.82, 2.24) is 10.2 Å². The van der Waals surface area contributed by atoms with Crippen LogP contribution in [0.4, 0.5) is 0 Å². The second kappa shape index (κ2) is 6.42. The van der Waals surface area contributed by atoms with E-state index in [1.807, 2.05) is 31.2 Å². The lowest BCUT2D eigenvalue weighted by molar-refractivity contribution is -0.128. The molecule has 2 aromatic rings. The van der Waals surface area contributed by atoms with E-state index >= 15 is 0 Å². The Balaban J connectivity index is 1.96. The quantitative estimate of drug-likeness (QED) is 0.921. The molecule has 1 fully saturated rings. The first-order valence-corrected chi connectivity index (χ1v) is 7.85. The molecule has 1 unspecified atom stereocenters. The lowest BCUT2D eigenvalue weighted by Crippen LogP contribution is -2.52. The number of hydrogen-bond donors (Lipinski definition) is 1. The molecule has 0 radical (unpaired) electrons. The Bertz CT molecular complexity index is 743. The van der Waals surface area contributed by atoms with E-state index in [1.165, 1.54) is 0 Å². The average Bonchev–Trinajstić information content (AvgIpc) is 2.55. The summed E-state index contributed by atoms with van der Waals surface area (Å²) in [5, 5.41) is 3.34. The zero-order chi connectivity index (χ0) is 16.4. The average molecular weight is 329 g/mol. The number of hydrogen-bond acceptors (Lipinski definition) is 2. The molecule has 118 valence electrons. The van der Waals surface area contributed by atoms with Crippen molar-refractivity contribution >= 4 is 23.4 Å². The van der Waals surface area contributed by atoms with Crippen molar-refractivity contribution in [2.24, 2.45) is 0 Å². The molecular weight excluding hydrogens is 312 g/mol. The molecule has 1 N–H and O–H groups in total. The maximum absolute atomic E-state index is 12.8. The number of carbonyl (C=O) groups excluding carboxylic acids is 2. The second-order valence-electron chi connectivity index (χ2n) is 5.61. The number of halogens is 1. The van der Waals surface area contributed by atoms with E-state index in [9.17, 15) is 9.59 Å². The van der Waals surface area contributed by atoms with Crippen molar-refractivity contribution in [3.63, 3.8) is 0 Å². The third kappa shape index (κ3) is 3.22. The first kappa shape index (κ1) is 15.6. The van der Waals surface area contributed by atoms with Gasteiger partial charge in [-0.25, -0.2) is 0 Å². The summed E-state index contributed by atoms with van der Waals surface area (Å²) in [7, 11) is 0.